The second-order valence-electron chi connectivity index (χ2n) is 5.32. The fourth-order valence-electron chi connectivity index (χ4n) is 2.76. The van der Waals surface area contributed by atoms with Crippen LogP contribution in [0.4, 0.5) is 4.39 Å². The molecule has 2 atom stereocenters. The Balaban J connectivity index is 2.06. The Hall–Kier alpha value is -1.53. The van der Waals surface area contributed by atoms with Crippen LogP contribution < -0.4 is 4.74 Å². The van der Waals surface area contributed by atoms with Crippen LogP contribution in [0.2, 0.25) is 0 Å². The molecule has 0 saturated heterocycles. The molecular formula is C17H21FO2. The van der Waals surface area contributed by atoms with E-state index < -0.39 is 0 Å². The Labute approximate surface area is 120 Å². The molecule has 1 aromatic carbocycles. The van der Waals surface area contributed by atoms with Gasteiger partial charge in [0.2, 0.25) is 0 Å². The maximum absolute atomic E-state index is 13.5. The number of aliphatic hydroxyl groups is 1. The lowest BCUT2D eigenvalue weighted by atomic mass is 9.85. The van der Waals surface area contributed by atoms with Crippen molar-refractivity contribution in [2.45, 2.75) is 45.1 Å². The van der Waals surface area contributed by atoms with Crippen LogP contribution in [0.25, 0.3) is 0 Å². The predicted molar refractivity (Wildman–Crippen MR) is 77.0 cm³/mol. The summed E-state index contributed by atoms with van der Waals surface area (Å²) in [4.78, 5) is 0. The van der Waals surface area contributed by atoms with Gasteiger partial charge in [-0.2, -0.15) is 0 Å². The molecule has 1 saturated carbocycles. The molecule has 0 amide bonds. The van der Waals surface area contributed by atoms with E-state index in [-0.39, 0.29) is 18.5 Å². The van der Waals surface area contributed by atoms with Gasteiger partial charge in [0.1, 0.15) is 18.2 Å². The number of halogens is 1. The number of benzene rings is 1. The van der Waals surface area contributed by atoms with E-state index in [0.717, 1.165) is 18.8 Å². The molecule has 0 bridgehead atoms. The maximum atomic E-state index is 13.5. The van der Waals surface area contributed by atoms with E-state index in [9.17, 15) is 4.39 Å². The largest absolute Gasteiger partial charge is 0.490 e. The molecule has 0 heterocycles. The molecule has 1 aliphatic carbocycles. The zero-order chi connectivity index (χ0) is 14.4. The van der Waals surface area contributed by atoms with Crippen LogP contribution in [-0.4, -0.2) is 17.8 Å². The van der Waals surface area contributed by atoms with Crippen molar-refractivity contribution in [2.75, 3.05) is 6.61 Å². The molecule has 2 rings (SSSR count). The summed E-state index contributed by atoms with van der Waals surface area (Å²) in [6.45, 7) is 1.98. The van der Waals surface area contributed by atoms with Gasteiger partial charge in [-0.25, -0.2) is 4.39 Å². The van der Waals surface area contributed by atoms with Gasteiger partial charge >= 0.3 is 0 Å². The molecule has 0 spiro atoms. The molecule has 3 heteroatoms. The summed E-state index contributed by atoms with van der Waals surface area (Å²) in [7, 11) is 0. The van der Waals surface area contributed by atoms with Gasteiger partial charge < -0.3 is 9.84 Å². The predicted octanol–water partition coefficient (Wildman–Crippen LogP) is 3.52. The zero-order valence-electron chi connectivity index (χ0n) is 11.9. The minimum Gasteiger partial charge on any atom is -0.490 e. The average Bonchev–Trinajstić information content (AvgIpc) is 2.44. The second-order valence-corrected chi connectivity index (χ2v) is 5.32. The van der Waals surface area contributed by atoms with Crippen molar-refractivity contribution in [1.29, 1.82) is 0 Å². The third-order valence-electron chi connectivity index (χ3n) is 3.80. The van der Waals surface area contributed by atoms with Crippen molar-refractivity contribution in [1.82, 2.24) is 0 Å². The van der Waals surface area contributed by atoms with Gasteiger partial charge in [0.15, 0.2) is 0 Å². The van der Waals surface area contributed by atoms with Gasteiger partial charge in [-0.1, -0.05) is 31.6 Å². The summed E-state index contributed by atoms with van der Waals surface area (Å²) in [5.74, 6) is 6.14. The van der Waals surface area contributed by atoms with Gasteiger partial charge in [-0.15, -0.1) is 0 Å². The summed E-state index contributed by atoms with van der Waals surface area (Å²) in [5, 5.41) is 8.68. The van der Waals surface area contributed by atoms with E-state index in [1.54, 1.807) is 6.07 Å². The smallest absolute Gasteiger partial charge is 0.128 e. The van der Waals surface area contributed by atoms with E-state index in [1.165, 1.54) is 31.4 Å². The first-order valence-electron chi connectivity index (χ1n) is 7.28. The van der Waals surface area contributed by atoms with Crippen molar-refractivity contribution in [3.05, 3.63) is 29.6 Å². The molecule has 0 radical (unpaired) electrons. The van der Waals surface area contributed by atoms with Crippen LogP contribution in [-0.2, 0) is 0 Å². The summed E-state index contributed by atoms with van der Waals surface area (Å²) >= 11 is 0. The minimum atomic E-state index is -0.354. The molecule has 1 aliphatic rings. The highest BCUT2D eigenvalue weighted by Crippen LogP contribution is 2.30. The Bertz CT molecular complexity index is 501. The van der Waals surface area contributed by atoms with Crippen molar-refractivity contribution < 1.29 is 14.2 Å². The molecule has 1 fully saturated rings. The molecule has 1 N–H and O–H groups in total. The van der Waals surface area contributed by atoms with Gasteiger partial charge in [-0.3, -0.25) is 0 Å². The number of hydrogen-bond acceptors (Lipinski definition) is 2. The molecule has 2 nitrogen and oxygen atoms in total. The molecule has 0 aliphatic heterocycles. The summed E-state index contributed by atoms with van der Waals surface area (Å²) in [5.41, 5.74) is 0.539. The van der Waals surface area contributed by atoms with Crippen LogP contribution in [0.5, 0.6) is 5.75 Å². The van der Waals surface area contributed by atoms with Crippen molar-refractivity contribution in [2.24, 2.45) is 5.92 Å². The molecule has 2 unspecified atom stereocenters. The molecule has 1 aromatic rings. The third-order valence-corrected chi connectivity index (χ3v) is 3.80. The van der Waals surface area contributed by atoms with Crippen molar-refractivity contribution in [3.8, 4) is 17.6 Å². The molecular weight excluding hydrogens is 255 g/mol. The van der Waals surface area contributed by atoms with Crippen LogP contribution in [0.15, 0.2) is 18.2 Å². The number of hydrogen-bond donors (Lipinski definition) is 1. The van der Waals surface area contributed by atoms with E-state index in [1.807, 2.05) is 0 Å². The zero-order valence-corrected chi connectivity index (χ0v) is 11.9. The highest BCUT2D eigenvalue weighted by Gasteiger charge is 2.22. The molecule has 20 heavy (non-hydrogen) atoms. The van der Waals surface area contributed by atoms with E-state index in [4.69, 9.17) is 9.84 Å². The normalized spacial score (nSPS) is 21.9. The summed E-state index contributed by atoms with van der Waals surface area (Å²) in [6.07, 6.45) is 5.88. The van der Waals surface area contributed by atoms with E-state index in [0.29, 0.717) is 11.3 Å². The fourth-order valence-corrected chi connectivity index (χ4v) is 2.76. The highest BCUT2D eigenvalue weighted by molar-refractivity contribution is 5.40. The minimum absolute atomic E-state index is 0.175. The Morgan fingerprint density at radius 3 is 2.95 bits per heavy atom. The van der Waals surface area contributed by atoms with Gasteiger partial charge in [0.25, 0.3) is 0 Å². The Kier molecular flexibility index (Phi) is 5.43. The lowest BCUT2D eigenvalue weighted by molar-refractivity contribution is 0.121. The first-order valence-corrected chi connectivity index (χ1v) is 7.28. The van der Waals surface area contributed by atoms with Crippen LogP contribution in [0.1, 0.15) is 44.6 Å². The number of rotatable bonds is 3. The lowest BCUT2D eigenvalue weighted by Crippen LogP contribution is -2.25. The monoisotopic (exact) mass is 276 g/mol. The van der Waals surface area contributed by atoms with E-state index >= 15 is 0 Å². The topological polar surface area (TPSA) is 29.5 Å². The maximum Gasteiger partial charge on any atom is 0.128 e. The lowest BCUT2D eigenvalue weighted by Gasteiger charge is -2.29. The van der Waals surface area contributed by atoms with Crippen molar-refractivity contribution in [3.63, 3.8) is 0 Å². The number of ether oxygens (including phenoxy) is 1. The van der Waals surface area contributed by atoms with Crippen LogP contribution >= 0.6 is 0 Å². The highest BCUT2D eigenvalue weighted by atomic mass is 19.1. The quantitative estimate of drug-likeness (QED) is 0.856. The Morgan fingerprint density at radius 2 is 2.20 bits per heavy atom. The Morgan fingerprint density at radius 1 is 1.35 bits per heavy atom. The van der Waals surface area contributed by atoms with E-state index in [2.05, 4.69) is 18.8 Å². The third kappa shape index (κ3) is 4.25. The van der Waals surface area contributed by atoms with Gasteiger partial charge in [0.05, 0.1) is 6.10 Å². The van der Waals surface area contributed by atoms with Crippen LogP contribution in [0, 0.1) is 23.6 Å². The molecule has 0 aromatic heterocycles. The van der Waals surface area contributed by atoms with Crippen molar-refractivity contribution >= 4 is 0 Å². The van der Waals surface area contributed by atoms with Gasteiger partial charge in [-0.05, 0) is 37.3 Å². The summed E-state index contributed by atoms with van der Waals surface area (Å²) in [6, 6.07) is 4.49. The first kappa shape index (κ1) is 14.9. The van der Waals surface area contributed by atoms with Crippen LogP contribution in [0.3, 0.4) is 0 Å². The fraction of sp³-hybridized carbons (Fsp3) is 0.529. The number of aliphatic hydroxyl groups excluding tert-OH is 1. The SMILES string of the molecule is CCC1CCCC(Oc2cc(F)cc(C#CCO)c2)C1. The molecule has 108 valence electrons. The average molecular weight is 276 g/mol. The standard InChI is InChI=1S/C17H21FO2/c1-2-13-5-3-7-16(10-13)20-17-11-14(6-4-8-19)9-15(18)12-17/h9,11-13,16,19H,2-3,5,7-8,10H2,1H3. The van der Waals surface area contributed by atoms with Gasteiger partial charge in [0, 0.05) is 11.6 Å². The summed E-state index contributed by atoms with van der Waals surface area (Å²) < 4.78 is 19.5. The first-order chi connectivity index (χ1) is 9.71. The second kappa shape index (κ2) is 7.31.